The molecular formula is C9H16N2O3S. The standard InChI is InChI=1S/C9H16N2O3S/c1-6(5-15-2)10-9(14)11-3-7(4-11)8(12)13/h6-7H,3-5H2,1-2H3,(H,10,14)(H,12,13). The number of thioether (sulfide) groups is 1. The van der Waals surface area contributed by atoms with Gasteiger partial charge < -0.3 is 15.3 Å². The zero-order valence-corrected chi connectivity index (χ0v) is 9.71. The number of likely N-dealkylation sites (tertiary alicyclic amines) is 1. The van der Waals surface area contributed by atoms with Crippen molar-refractivity contribution in [2.45, 2.75) is 13.0 Å². The van der Waals surface area contributed by atoms with Crippen LogP contribution in [-0.2, 0) is 4.79 Å². The molecule has 2 amide bonds. The Morgan fingerprint density at radius 2 is 2.20 bits per heavy atom. The van der Waals surface area contributed by atoms with E-state index in [1.54, 1.807) is 11.8 Å². The van der Waals surface area contributed by atoms with Crippen LogP contribution in [0.25, 0.3) is 0 Å². The Morgan fingerprint density at radius 3 is 2.67 bits per heavy atom. The highest BCUT2D eigenvalue weighted by Crippen LogP contribution is 2.15. The van der Waals surface area contributed by atoms with Gasteiger partial charge in [-0.2, -0.15) is 11.8 Å². The molecule has 0 aliphatic carbocycles. The van der Waals surface area contributed by atoms with Crippen LogP contribution in [0.1, 0.15) is 6.92 Å². The summed E-state index contributed by atoms with van der Waals surface area (Å²) in [7, 11) is 0. The Hall–Kier alpha value is -0.910. The van der Waals surface area contributed by atoms with E-state index in [1.807, 2.05) is 13.2 Å². The van der Waals surface area contributed by atoms with Crippen LogP contribution >= 0.6 is 11.8 Å². The SMILES string of the molecule is CSCC(C)NC(=O)N1CC(C(=O)O)C1. The predicted molar refractivity (Wildman–Crippen MR) is 59.1 cm³/mol. The van der Waals surface area contributed by atoms with Crippen LogP contribution in [0.15, 0.2) is 0 Å². The van der Waals surface area contributed by atoms with Crippen LogP contribution in [0.5, 0.6) is 0 Å². The van der Waals surface area contributed by atoms with Gasteiger partial charge in [0.05, 0.1) is 5.92 Å². The van der Waals surface area contributed by atoms with Gasteiger partial charge in [0.1, 0.15) is 0 Å². The Morgan fingerprint density at radius 1 is 1.60 bits per heavy atom. The number of rotatable bonds is 4. The molecule has 15 heavy (non-hydrogen) atoms. The minimum absolute atomic E-state index is 0.122. The number of carboxylic acids is 1. The first-order valence-corrected chi connectivity index (χ1v) is 6.21. The molecule has 2 N–H and O–H groups in total. The second-order valence-corrected chi connectivity index (χ2v) is 4.66. The van der Waals surface area contributed by atoms with Crippen molar-refractivity contribution in [3.8, 4) is 0 Å². The summed E-state index contributed by atoms with van der Waals surface area (Å²) in [4.78, 5) is 23.5. The summed E-state index contributed by atoms with van der Waals surface area (Å²) in [5, 5.41) is 11.5. The van der Waals surface area contributed by atoms with Crippen molar-refractivity contribution < 1.29 is 14.7 Å². The second-order valence-electron chi connectivity index (χ2n) is 3.75. The van der Waals surface area contributed by atoms with E-state index in [0.717, 1.165) is 5.75 Å². The molecule has 0 spiro atoms. The molecule has 0 aromatic heterocycles. The smallest absolute Gasteiger partial charge is 0.317 e. The third-order valence-corrected chi connectivity index (χ3v) is 3.14. The fraction of sp³-hybridized carbons (Fsp3) is 0.778. The molecule has 1 aliphatic rings. The molecule has 0 saturated carbocycles. The maximum absolute atomic E-state index is 11.5. The van der Waals surface area contributed by atoms with Crippen LogP contribution in [0.2, 0.25) is 0 Å². The van der Waals surface area contributed by atoms with Crippen LogP contribution < -0.4 is 5.32 Å². The molecule has 0 bridgehead atoms. The largest absolute Gasteiger partial charge is 0.481 e. The van der Waals surface area contributed by atoms with Gasteiger partial charge in [-0.25, -0.2) is 4.79 Å². The maximum Gasteiger partial charge on any atom is 0.317 e. The van der Waals surface area contributed by atoms with Crippen molar-refractivity contribution >= 4 is 23.8 Å². The number of hydrogen-bond acceptors (Lipinski definition) is 3. The molecule has 1 saturated heterocycles. The number of carbonyl (C=O) groups is 2. The van der Waals surface area contributed by atoms with E-state index >= 15 is 0 Å². The van der Waals surface area contributed by atoms with E-state index in [-0.39, 0.29) is 18.0 Å². The van der Waals surface area contributed by atoms with E-state index in [1.165, 1.54) is 4.90 Å². The molecule has 5 nitrogen and oxygen atoms in total. The molecule has 86 valence electrons. The number of hydrogen-bond donors (Lipinski definition) is 2. The van der Waals surface area contributed by atoms with Gasteiger partial charge in [0.15, 0.2) is 0 Å². The molecule has 0 aromatic carbocycles. The minimum atomic E-state index is -0.823. The molecule has 1 aliphatic heterocycles. The van der Waals surface area contributed by atoms with E-state index < -0.39 is 5.97 Å². The van der Waals surface area contributed by atoms with Gasteiger partial charge >= 0.3 is 12.0 Å². The summed E-state index contributed by atoms with van der Waals surface area (Å²) >= 11 is 1.67. The molecule has 1 fully saturated rings. The molecule has 1 rings (SSSR count). The van der Waals surface area contributed by atoms with Crippen molar-refractivity contribution in [3.05, 3.63) is 0 Å². The molecule has 1 heterocycles. The van der Waals surface area contributed by atoms with Gasteiger partial charge in [0, 0.05) is 24.9 Å². The van der Waals surface area contributed by atoms with Crippen molar-refractivity contribution in [3.63, 3.8) is 0 Å². The third-order valence-electron chi connectivity index (χ3n) is 2.30. The lowest BCUT2D eigenvalue weighted by Gasteiger charge is -2.37. The van der Waals surface area contributed by atoms with Crippen LogP contribution in [0.4, 0.5) is 4.79 Å². The molecule has 1 unspecified atom stereocenters. The van der Waals surface area contributed by atoms with Gasteiger partial charge in [0.25, 0.3) is 0 Å². The number of carbonyl (C=O) groups excluding carboxylic acids is 1. The van der Waals surface area contributed by atoms with Gasteiger partial charge in [0.2, 0.25) is 0 Å². The number of amides is 2. The lowest BCUT2D eigenvalue weighted by atomic mass is 10.0. The average molecular weight is 232 g/mol. The van der Waals surface area contributed by atoms with Crippen molar-refractivity contribution in [1.29, 1.82) is 0 Å². The number of carboxylic acid groups (broad SMARTS) is 1. The highest BCUT2D eigenvalue weighted by atomic mass is 32.2. The van der Waals surface area contributed by atoms with Gasteiger partial charge in [-0.15, -0.1) is 0 Å². The molecule has 0 radical (unpaired) electrons. The van der Waals surface area contributed by atoms with Crippen LogP contribution in [-0.4, -0.2) is 53.1 Å². The van der Waals surface area contributed by atoms with Crippen molar-refractivity contribution in [1.82, 2.24) is 10.2 Å². The minimum Gasteiger partial charge on any atom is -0.481 e. The van der Waals surface area contributed by atoms with Crippen molar-refractivity contribution in [2.24, 2.45) is 5.92 Å². The van der Waals surface area contributed by atoms with Gasteiger partial charge in [-0.05, 0) is 13.2 Å². The fourth-order valence-corrected chi connectivity index (χ4v) is 1.98. The third kappa shape index (κ3) is 3.30. The molecule has 6 heteroatoms. The quantitative estimate of drug-likeness (QED) is 0.739. The van der Waals surface area contributed by atoms with Crippen LogP contribution in [0, 0.1) is 5.92 Å². The van der Waals surface area contributed by atoms with Gasteiger partial charge in [-0.1, -0.05) is 0 Å². The fourth-order valence-electron chi connectivity index (χ4n) is 1.39. The summed E-state index contributed by atoms with van der Waals surface area (Å²) in [6.07, 6.45) is 1.98. The monoisotopic (exact) mass is 232 g/mol. The zero-order chi connectivity index (χ0) is 11.4. The Balaban J connectivity index is 2.23. The number of nitrogens with one attached hydrogen (secondary N) is 1. The Kier molecular flexibility index (Phi) is 4.26. The highest BCUT2D eigenvalue weighted by Gasteiger charge is 2.35. The Bertz CT molecular complexity index is 254. The first-order chi connectivity index (χ1) is 7.04. The average Bonchev–Trinajstić information content (AvgIpc) is 1.99. The lowest BCUT2D eigenvalue weighted by Crippen LogP contribution is -2.57. The first kappa shape index (κ1) is 12.2. The van der Waals surface area contributed by atoms with E-state index in [0.29, 0.717) is 13.1 Å². The molecule has 0 aromatic rings. The number of urea groups is 1. The lowest BCUT2D eigenvalue weighted by molar-refractivity contribution is -0.146. The normalized spacial score (nSPS) is 18.1. The summed E-state index contributed by atoms with van der Waals surface area (Å²) in [5.74, 6) is -0.343. The van der Waals surface area contributed by atoms with E-state index in [4.69, 9.17) is 5.11 Å². The summed E-state index contributed by atoms with van der Waals surface area (Å²) in [6.45, 7) is 2.59. The number of aliphatic carboxylic acids is 1. The molecular weight excluding hydrogens is 216 g/mol. The predicted octanol–water partition coefficient (Wildman–Crippen LogP) is 0.464. The summed E-state index contributed by atoms with van der Waals surface area (Å²) in [6, 6.07) is -0.0366. The number of nitrogens with zero attached hydrogens (tertiary/aromatic N) is 1. The second kappa shape index (κ2) is 5.25. The topological polar surface area (TPSA) is 69.6 Å². The van der Waals surface area contributed by atoms with Crippen molar-refractivity contribution in [2.75, 3.05) is 25.1 Å². The van der Waals surface area contributed by atoms with E-state index in [9.17, 15) is 9.59 Å². The van der Waals surface area contributed by atoms with Gasteiger partial charge in [-0.3, -0.25) is 4.79 Å². The maximum atomic E-state index is 11.5. The van der Waals surface area contributed by atoms with E-state index in [2.05, 4.69) is 5.32 Å². The highest BCUT2D eigenvalue weighted by molar-refractivity contribution is 7.98. The first-order valence-electron chi connectivity index (χ1n) is 4.81. The zero-order valence-electron chi connectivity index (χ0n) is 8.90. The summed E-state index contributed by atoms with van der Waals surface area (Å²) in [5.41, 5.74) is 0. The van der Waals surface area contributed by atoms with Crippen LogP contribution in [0.3, 0.4) is 0 Å². The summed E-state index contributed by atoms with van der Waals surface area (Å²) < 4.78 is 0. The Labute approximate surface area is 93.2 Å². The molecule has 1 atom stereocenters.